The van der Waals surface area contributed by atoms with Gasteiger partial charge in [-0.2, -0.15) is 0 Å². The van der Waals surface area contributed by atoms with Crippen molar-refractivity contribution in [3.8, 4) is 0 Å². The average Bonchev–Trinajstić information content (AvgIpc) is 2.58. The van der Waals surface area contributed by atoms with Crippen molar-refractivity contribution in [2.24, 2.45) is 0 Å². The summed E-state index contributed by atoms with van der Waals surface area (Å²) < 4.78 is 14.2. The molecule has 3 heteroatoms. The van der Waals surface area contributed by atoms with E-state index >= 15 is 0 Å². The van der Waals surface area contributed by atoms with E-state index in [1.165, 1.54) is 9.17 Å². The van der Waals surface area contributed by atoms with Crippen LogP contribution in [0.1, 0.15) is 5.56 Å². The molecule has 0 saturated carbocycles. The summed E-state index contributed by atoms with van der Waals surface area (Å²) in [6, 6.07) is 20.9. The Morgan fingerprint density at radius 2 is 1.68 bits per heavy atom. The van der Waals surface area contributed by atoms with Gasteiger partial charge in [0, 0.05) is 0 Å². The van der Waals surface area contributed by atoms with E-state index < -0.39 is 0 Å². The summed E-state index contributed by atoms with van der Waals surface area (Å²) in [4.78, 5) is 0. The van der Waals surface area contributed by atoms with Crippen LogP contribution < -0.4 is 3.61 Å². The van der Waals surface area contributed by atoms with Gasteiger partial charge in [0.05, 0.1) is 0 Å². The molecule has 0 N–H and O–H groups in total. The molecular weight excluding hydrogens is 388 g/mol. The molecule has 22 heavy (non-hydrogen) atoms. The topological polar surface area (TPSA) is 18.5 Å². The first kappa shape index (κ1) is 17.2. The van der Waals surface area contributed by atoms with E-state index in [4.69, 9.17) is 9.47 Å². The van der Waals surface area contributed by atoms with Gasteiger partial charge >= 0.3 is 143 Å². The molecule has 1 unspecified atom stereocenters. The summed E-state index contributed by atoms with van der Waals surface area (Å²) in [6.07, 6.45) is 1.96. The number of benzene rings is 2. The van der Waals surface area contributed by atoms with Gasteiger partial charge in [0.2, 0.25) is 0 Å². The third-order valence-corrected chi connectivity index (χ3v) is 6.31. The van der Waals surface area contributed by atoms with Gasteiger partial charge in [-0.1, -0.05) is 0 Å². The molecule has 0 fully saturated rings. The van der Waals surface area contributed by atoms with Gasteiger partial charge in [-0.15, -0.1) is 0 Å². The molecule has 2 aromatic carbocycles. The van der Waals surface area contributed by atoms with Gasteiger partial charge in [0.1, 0.15) is 0 Å². The van der Waals surface area contributed by atoms with E-state index in [2.05, 4.69) is 49.0 Å². The quantitative estimate of drug-likeness (QED) is 0.443. The molecule has 0 aliphatic rings. The molecule has 2 aromatic rings. The zero-order valence-corrected chi connectivity index (χ0v) is 15.0. The van der Waals surface area contributed by atoms with Crippen LogP contribution in [0.2, 0.25) is 4.47 Å². The van der Waals surface area contributed by atoms with Crippen LogP contribution in [0.25, 0.3) is 0 Å². The molecule has 0 aliphatic carbocycles. The van der Waals surface area contributed by atoms with Gasteiger partial charge in [0.15, 0.2) is 0 Å². The summed E-state index contributed by atoms with van der Waals surface area (Å²) >= 11 is -0.233. The second kappa shape index (κ2) is 10.6. The first-order valence-electron chi connectivity index (χ1n) is 7.40. The van der Waals surface area contributed by atoms with Crippen molar-refractivity contribution in [3.05, 3.63) is 78.9 Å². The molecule has 0 spiro atoms. The van der Waals surface area contributed by atoms with E-state index in [1.807, 2.05) is 18.2 Å². The summed E-state index contributed by atoms with van der Waals surface area (Å²) in [5, 5.41) is 0. The van der Waals surface area contributed by atoms with Crippen molar-refractivity contribution in [1.29, 1.82) is 0 Å². The standard InChI is InChI=1S/C19H22O2Te/c1-2-13-21-18(16-22-19-11-7-4-8-12-19)15-20-14-17-9-5-3-6-10-17/h2-12,18H,1,13-16H2. The van der Waals surface area contributed by atoms with E-state index in [0.29, 0.717) is 19.8 Å². The molecule has 2 rings (SSSR count). The third kappa shape index (κ3) is 6.77. The Labute approximate surface area is 143 Å². The van der Waals surface area contributed by atoms with E-state index in [1.54, 1.807) is 6.08 Å². The Balaban J connectivity index is 1.76. The Bertz CT molecular complexity index is 528. The molecule has 0 heterocycles. The van der Waals surface area contributed by atoms with Crippen LogP contribution in [-0.4, -0.2) is 40.2 Å². The third-order valence-electron chi connectivity index (χ3n) is 3.04. The number of hydrogen-bond donors (Lipinski definition) is 0. The minimum absolute atomic E-state index is 0.157. The van der Waals surface area contributed by atoms with Crippen molar-refractivity contribution in [1.82, 2.24) is 0 Å². The molecule has 0 amide bonds. The second-order valence-corrected chi connectivity index (χ2v) is 7.99. The monoisotopic (exact) mass is 412 g/mol. The number of ether oxygens (including phenoxy) is 2. The van der Waals surface area contributed by atoms with Gasteiger partial charge in [0.25, 0.3) is 0 Å². The Kier molecular flexibility index (Phi) is 8.30. The summed E-state index contributed by atoms with van der Waals surface area (Å²) in [6.45, 7) is 5.59. The van der Waals surface area contributed by atoms with Gasteiger partial charge < -0.3 is 0 Å². The van der Waals surface area contributed by atoms with Gasteiger partial charge in [-0.3, -0.25) is 0 Å². The molecule has 116 valence electrons. The first-order valence-corrected chi connectivity index (χ1v) is 10.2. The van der Waals surface area contributed by atoms with Crippen LogP contribution in [0.5, 0.6) is 0 Å². The van der Waals surface area contributed by atoms with Crippen molar-refractivity contribution in [3.63, 3.8) is 0 Å². The number of rotatable bonds is 10. The van der Waals surface area contributed by atoms with Crippen molar-refractivity contribution < 1.29 is 9.47 Å². The minimum atomic E-state index is -0.233. The fourth-order valence-corrected chi connectivity index (χ4v) is 4.56. The van der Waals surface area contributed by atoms with Gasteiger partial charge in [-0.05, 0) is 0 Å². The maximum absolute atomic E-state index is 5.84. The molecule has 0 aliphatic heterocycles. The van der Waals surface area contributed by atoms with E-state index in [0.717, 1.165) is 4.47 Å². The number of hydrogen-bond acceptors (Lipinski definition) is 2. The van der Waals surface area contributed by atoms with Crippen molar-refractivity contribution >= 4 is 24.5 Å². The van der Waals surface area contributed by atoms with Crippen LogP contribution in [0.4, 0.5) is 0 Å². The zero-order chi connectivity index (χ0) is 15.5. The fraction of sp³-hybridized carbons (Fsp3) is 0.263. The van der Waals surface area contributed by atoms with Crippen LogP contribution in [0.15, 0.2) is 73.3 Å². The van der Waals surface area contributed by atoms with Crippen LogP contribution >= 0.6 is 0 Å². The van der Waals surface area contributed by atoms with Crippen molar-refractivity contribution in [2.75, 3.05) is 13.2 Å². The van der Waals surface area contributed by atoms with Crippen LogP contribution in [0, 0.1) is 0 Å². The zero-order valence-electron chi connectivity index (χ0n) is 12.7. The van der Waals surface area contributed by atoms with E-state index in [9.17, 15) is 0 Å². The Morgan fingerprint density at radius 3 is 2.36 bits per heavy atom. The predicted octanol–water partition coefficient (Wildman–Crippen LogP) is 3.22. The van der Waals surface area contributed by atoms with Gasteiger partial charge in [-0.25, -0.2) is 0 Å². The Morgan fingerprint density at radius 1 is 1.00 bits per heavy atom. The average molecular weight is 410 g/mol. The summed E-state index contributed by atoms with van der Waals surface area (Å²) in [5.41, 5.74) is 1.20. The molecule has 0 bridgehead atoms. The molecule has 0 saturated heterocycles. The predicted molar refractivity (Wildman–Crippen MR) is 92.7 cm³/mol. The molecule has 1 atom stereocenters. The first-order chi connectivity index (χ1) is 10.9. The summed E-state index contributed by atoms with van der Waals surface area (Å²) in [5.74, 6) is 0. The molecular formula is C19H22O2Te. The fourth-order valence-electron chi connectivity index (χ4n) is 1.94. The van der Waals surface area contributed by atoms with Crippen LogP contribution in [0.3, 0.4) is 0 Å². The van der Waals surface area contributed by atoms with Crippen LogP contribution in [-0.2, 0) is 16.1 Å². The van der Waals surface area contributed by atoms with E-state index in [-0.39, 0.29) is 27.0 Å². The molecule has 2 nitrogen and oxygen atoms in total. The molecule has 0 aromatic heterocycles. The molecule has 0 radical (unpaired) electrons. The second-order valence-electron chi connectivity index (χ2n) is 4.87. The normalized spacial score (nSPS) is 12.0. The maximum atomic E-state index is 5.84. The summed E-state index contributed by atoms with van der Waals surface area (Å²) in [7, 11) is 0. The SMILES string of the molecule is C=CCOC(COCc1ccccc1)C[Te]c1ccccc1. The van der Waals surface area contributed by atoms with Crippen molar-refractivity contribution in [2.45, 2.75) is 17.2 Å². The Hall–Kier alpha value is -1.11.